The second-order valence-electron chi connectivity index (χ2n) is 5.23. The molecule has 1 heterocycles. The first-order chi connectivity index (χ1) is 9.63. The van der Waals surface area contributed by atoms with Crippen LogP contribution in [0.15, 0.2) is 53.3 Å². The van der Waals surface area contributed by atoms with Gasteiger partial charge in [-0.15, -0.1) is 0 Å². The van der Waals surface area contributed by atoms with Crippen LogP contribution in [0.3, 0.4) is 0 Å². The molecule has 20 heavy (non-hydrogen) atoms. The van der Waals surface area contributed by atoms with Crippen LogP contribution in [0.25, 0.3) is 22.0 Å². The second kappa shape index (κ2) is 4.93. The molecular weight excluding hydrogens is 248 g/mol. The fourth-order valence-electron chi connectivity index (χ4n) is 2.25. The maximum atomic E-state index is 11.8. The fraction of sp³-hybridized carbons (Fsp3) is 0.176. The van der Waals surface area contributed by atoms with Crippen LogP contribution >= 0.6 is 0 Å². The van der Waals surface area contributed by atoms with Gasteiger partial charge in [0.25, 0.3) is 5.56 Å². The Morgan fingerprint density at radius 3 is 2.50 bits per heavy atom. The molecule has 2 aromatic carbocycles. The van der Waals surface area contributed by atoms with E-state index in [1.165, 1.54) is 5.39 Å². The molecule has 0 unspecified atom stereocenters. The molecule has 1 aromatic heterocycles. The number of aromatic amines is 1. The minimum atomic E-state index is -0.105. The molecule has 0 saturated carbocycles. The highest BCUT2D eigenvalue weighted by Gasteiger charge is 2.07. The molecule has 0 fully saturated rings. The SMILES string of the molecule is CC(C)c1nc(-c2ccc3ccccc3c2)cc(=O)[nH]1. The second-order valence-corrected chi connectivity index (χ2v) is 5.23. The highest BCUT2D eigenvalue weighted by atomic mass is 16.1. The van der Waals surface area contributed by atoms with Crippen molar-refractivity contribution in [2.45, 2.75) is 19.8 Å². The molecule has 100 valence electrons. The Balaban J connectivity index is 2.17. The van der Waals surface area contributed by atoms with Crippen LogP contribution in [0.1, 0.15) is 25.6 Å². The van der Waals surface area contributed by atoms with Gasteiger partial charge in [-0.1, -0.05) is 50.2 Å². The van der Waals surface area contributed by atoms with Gasteiger partial charge in [-0.3, -0.25) is 4.79 Å². The molecule has 0 saturated heterocycles. The van der Waals surface area contributed by atoms with E-state index in [4.69, 9.17) is 0 Å². The molecule has 0 amide bonds. The minimum Gasteiger partial charge on any atom is -0.310 e. The van der Waals surface area contributed by atoms with Gasteiger partial charge in [-0.05, 0) is 16.8 Å². The van der Waals surface area contributed by atoms with Crippen molar-refractivity contribution < 1.29 is 0 Å². The summed E-state index contributed by atoms with van der Waals surface area (Å²) in [5, 5.41) is 2.34. The zero-order chi connectivity index (χ0) is 14.1. The predicted molar refractivity (Wildman–Crippen MR) is 81.9 cm³/mol. The van der Waals surface area contributed by atoms with E-state index in [0.29, 0.717) is 0 Å². The monoisotopic (exact) mass is 264 g/mol. The van der Waals surface area contributed by atoms with E-state index in [2.05, 4.69) is 34.2 Å². The van der Waals surface area contributed by atoms with Crippen molar-refractivity contribution in [1.82, 2.24) is 9.97 Å². The highest BCUT2D eigenvalue weighted by molar-refractivity contribution is 5.86. The Hall–Kier alpha value is -2.42. The number of rotatable bonds is 2. The molecule has 3 nitrogen and oxygen atoms in total. The normalized spacial score (nSPS) is 11.2. The van der Waals surface area contributed by atoms with E-state index < -0.39 is 0 Å². The van der Waals surface area contributed by atoms with E-state index in [0.717, 1.165) is 22.5 Å². The standard InChI is InChI=1S/C17H16N2O/c1-11(2)17-18-15(10-16(20)19-17)14-8-7-12-5-3-4-6-13(12)9-14/h3-11H,1-2H3,(H,18,19,20). The molecule has 0 aliphatic rings. The Morgan fingerprint density at radius 2 is 1.75 bits per heavy atom. The summed E-state index contributed by atoms with van der Waals surface area (Å²) in [5.41, 5.74) is 1.59. The van der Waals surface area contributed by atoms with Crippen LogP contribution in [0.5, 0.6) is 0 Å². The van der Waals surface area contributed by atoms with Crippen molar-refractivity contribution in [2.24, 2.45) is 0 Å². The summed E-state index contributed by atoms with van der Waals surface area (Å²) in [6.07, 6.45) is 0. The Kier molecular flexibility index (Phi) is 3.11. The lowest BCUT2D eigenvalue weighted by molar-refractivity contribution is 0.768. The molecule has 0 aliphatic carbocycles. The molecule has 1 N–H and O–H groups in total. The quantitative estimate of drug-likeness (QED) is 0.766. The lowest BCUT2D eigenvalue weighted by atomic mass is 10.0. The third kappa shape index (κ3) is 2.35. The van der Waals surface area contributed by atoms with Crippen LogP contribution < -0.4 is 5.56 Å². The average molecular weight is 264 g/mol. The van der Waals surface area contributed by atoms with Crippen molar-refractivity contribution in [3.8, 4) is 11.3 Å². The maximum absolute atomic E-state index is 11.8. The predicted octanol–water partition coefficient (Wildman–Crippen LogP) is 3.71. The number of aromatic nitrogens is 2. The largest absolute Gasteiger partial charge is 0.310 e. The summed E-state index contributed by atoms with van der Waals surface area (Å²) in [6.45, 7) is 4.03. The summed E-state index contributed by atoms with van der Waals surface area (Å²) in [4.78, 5) is 19.1. The summed E-state index contributed by atoms with van der Waals surface area (Å²) in [6, 6.07) is 15.9. The number of hydrogen-bond acceptors (Lipinski definition) is 2. The molecule has 0 spiro atoms. The van der Waals surface area contributed by atoms with Crippen molar-refractivity contribution in [3.05, 3.63) is 64.7 Å². The van der Waals surface area contributed by atoms with Crippen LogP contribution in [0.2, 0.25) is 0 Å². The van der Waals surface area contributed by atoms with E-state index in [1.807, 2.05) is 32.0 Å². The van der Waals surface area contributed by atoms with E-state index in [-0.39, 0.29) is 11.5 Å². The number of H-pyrrole nitrogens is 1. The molecule has 3 rings (SSSR count). The zero-order valence-electron chi connectivity index (χ0n) is 11.6. The first-order valence-electron chi connectivity index (χ1n) is 6.74. The molecule has 0 aliphatic heterocycles. The Labute approximate surface area is 117 Å². The third-order valence-electron chi connectivity index (χ3n) is 3.35. The van der Waals surface area contributed by atoms with Crippen molar-refractivity contribution in [2.75, 3.05) is 0 Å². The molecule has 3 heteroatoms. The molecular formula is C17H16N2O. The lowest BCUT2D eigenvalue weighted by Gasteiger charge is -2.07. The van der Waals surface area contributed by atoms with Gasteiger partial charge in [0, 0.05) is 17.5 Å². The summed E-state index contributed by atoms with van der Waals surface area (Å²) < 4.78 is 0. The number of fused-ring (bicyclic) bond motifs is 1. The maximum Gasteiger partial charge on any atom is 0.251 e. The average Bonchev–Trinajstić information content (AvgIpc) is 2.46. The van der Waals surface area contributed by atoms with Crippen molar-refractivity contribution in [3.63, 3.8) is 0 Å². The highest BCUT2D eigenvalue weighted by Crippen LogP contribution is 2.23. The Morgan fingerprint density at radius 1 is 1.00 bits per heavy atom. The van der Waals surface area contributed by atoms with E-state index >= 15 is 0 Å². The molecule has 0 atom stereocenters. The van der Waals surface area contributed by atoms with Gasteiger partial charge >= 0.3 is 0 Å². The number of nitrogens with zero attached hydrogens (tertiary/aromatic N) is 1. The molecule has 3 aromatic rings. The van der Waals surface area contributed by atoms with E-state index in [9.17, 15) is 4.79 Å². The van der Waals surface area contributed by atoms with Gasteiger partial charge in [-0.25, -0.2) is 4.98 Å². The minimum absolute atomic E-state index is 0.105. The first kappa shape index (κ1) is 12.6. The van der Waals surface area contributed by atoms with Gasteiger partial charge in [0.2, 0.25) is 0 Å². The first-order valence-corrected chi connectivity index (χ1v) is 6.74. The smallest absolute Gasteiger partial charge is 0.251 e. The van der Waals surface area contributed by atoms with Crippen LogP contribution in [-0.4, -0.2) is 9.97 Å². The Bertz CT molecular complexity index is 818. The van der Waals surface area contributed by atoms with Crippen LogP contribution in [0, 0.1) is 0 Å². The van der Waals surface area contributed by atoms with Gasteiger partial charge in [0.1, 0.15) is 5.82 Å². The topological polar surface area (TPSA) is 45.8 Å². The van der Waals surface area contributed by atoms with Gasteiger partial charge in [-0.2, -0.15) is 0 Å². The zero-order valence-corrected chi connectivity index (χ0v) is 11.6. The molecule has 0 radical (unpaired) electrons. The van der Waals surface area contributed by atoms with Crippen LogP contribution in [-0.2, 0) is 0 Å². The van der Waals surface area contributed by atoms with Crippen molar-refractivity contribution >= 4 is 10.8 Å². The summed E-state index contributed by atoms with van der Waals surface area (Å²) in [5.74, 6) is 0.920. The van der Waals surface area contributed by atoms with Crippen LogP contribution in [0.4, 0.5) is 0 Å². The lowest BCUT2D eigenvalue weighted by Crippen LogP contribution is -2.12. The van der Waals surface area contributed by atoms with Gasteiger partial charge < -0.3 is 4.98 Å². The van der Waals surface area contributed by atoms with E-state index in [1.54, 1.807) is 6.07 Å². The van der Waals surface area contributed by atoms with Gasteiger partial charge in [0.15, 0.2) is 0 Å². The third-order valence-corrected chi connectivity index (χ3v) is 3.35. The molecule has 0 bridgehead atoms. The number of nitrogens with one attached hydrogen (secondary N) is 1. The summed E-state index contributed by atoms with van der Waals surface area (Å²) in [7, 11) is 0. The fourth-order valence-corrected chi connectivity index (χ4v) is 2.25. The van der Waals surface area contributed by atoms with Gasteiger partial charge in [0.05, 0.1) is 5.69 Å². The van der Waals surface area contributed by atoms with Crippen molar-refractivity contribution in [1.29, 1.82) is 0 Å². The number of hydrogen-bond donors (Lipinski definition) is 1. The summed E-state index contributed by atoms with van der Waals surface area (Å²) >= 11 is 0. The number of benzene rings is 2.